The maximum Gasteiger partial charge on any atom is 0.267 e. The molecule has 0 saturated carbocycles. The summed E-state index contributed by atoms with van der Waals surface area (Å²) in [6.45, 7) is -0.124. The van der Waals surface area contributed by atoms with E-state index in [1.165, 1.54) is 22.1 Å². The number of carbonyl (C=O) groups is 1. The van der Waals surface area contributed by atoms with Gasteiger partial charge in [-0.25, -0.2) is 4.68 Å². The standard InChI is InChI=1S/C17H15N3O2S2/c1-23-14-6-3-2-5-12(14)18-16(21)11-20-17(22)9-8-13(19-20)15-7-4-10-24-15/h2-10H,11H2,1H3,(H,18,21). The van der Waals surface area contributed by atoms with E-state index in [9.17, 15) is 9.59 Å². The fourth-order valence-corrected chi connectivity index (χ4v) is 3.44. The van der Waals surface area contributed by atoms with Gasteiger partial charge in [-0.1, -0.05) is 18.2 Å². The van der Waals surface area contributed by atoms with Gasteiger partial charge in [-0.2, -0.15) is 5.10 Å². The van der Waals surface area contributed by atoms with Crippen LogP contribution in [0.15, 0.2) is 63.6 Å². The molecule has 0 unspecified atom stereocenters. The van der Waals surface area contributed by atoms with Gasteiger partial charge in [0.05, 0.1) is 10.6 Å². The van der Waals surface area contributed by atoms with Crippen LogP contribution >= 0.6 is 23.1 Å². The number of thiophene rings is 1. The highest BCUT2D eigenvalue weighted by Crippen LogP contribution is 2.24. The third kappa shape index (κ3) is 3.74. The Morgan fingerprint density at radius 3 is 2.79 bits per heavy atom. The molecule has 0 atom stereocenters. The number of aromatic nitrogens is 2. The van der Waals surface area contributed by atoms with Gasteiger partial charge >= 0.3 is 0 Å². The van der Waals surface area contributed by atoms with Crippen LogP contribution in [0.3, 0.4) is 0 Å². The summed E-state index contributed by atoms with van der Waals surface area (Å²) in [5.41, 5.74) is 1.11. The van der Waals surface area contributed by atoms with Gasteiger partial charge in [0.25, 0.3) is 5.56 Å². The molecule has 0 aliphatic carbocycles. The van der Waals surface area contributed by atoms with Crippen LogP contribution < -0.4 is 10.9 Å². The van der Waals surface area contributed by atoms with E-state index >= 15 is 0 Å². The van der Waals surface area contributed by atoms with Crippen molar-refractivity contribution < 1.29 is 4.79 Å². The molecule has 1 amide bonds. The summed E-state index contributed by atoms with van der Waals surface area (Å²) in [6, 6.07) is 14.5. The van der Waals surface area contributed by atoms with Crippen LogP contribution in [-0.4, -0.2) is 21.9 Å². The van der Waals surface area contributed by atoms with Crippen LogP contribution in [0.2, 0.25) is 0 Å². The molecule has 0 radical (unpaired) electrons. The van der Waals surface area contributed by atoms with Gasteiger partial charge in [0, 0.05) is 11.0 Å². The normalized spacial score (nSPS) is 10.5. The van der Waals surface area contributed by atoms with Gasteiger partial charge in [0.15, 0.2) is 0 Å². The third-order valence-corrected chi connectivity index (χ3v) is 5.00. The number of hydrogen-bond acceptors (Lipinski definition) is 5. The zero-order chi connectivity index (χ0) is 16.9. The fraction of sp³-hybridized carbons (Fsp3) is 0.118. The number of nitrogens with zero attached hydrogens (tertiary/aromatic N) is 2. The number of anilines is 1. The van der Waals surface area contributed by atoms with Crippen molar-refractivity contribution in [1.82, 2.24) is 9.78 Å². The zero-order valence-electron chi connectivity index (χ0n) is 12.9. The quantitative estimate of drug-likeness (QED) is 0.712. The summed E-state index contributed by atoms with van der Waals surface area (Å²) in [7, 11) is 0. The van der Waals surface area contributed by atoms with Crippen LogP contribution in [0.1, 0.15) is 0 Å². The zero-order valence-corrected chi connectivity index (χ0v) is 14.6. The van der Waals surface area contributed by atoms with E-state index in [4.69, 9.17) is 0 Å². The van der Waals surface area contributed by atoms with Crippen molar-refractivity contribution in [3.63, 3.8) is 0 Å². The lowest BCUT2D eigenvalue weighted by Crippen LogP contribution is -2.29. The van der Waals surface area contributed by atoms with E-state index in [0.717, 1.165) is 15.5 Å². The Morgan fingerprint density at radius 2 is 2.04 bits per heavy atom. The van der Waals surface area contributed by atoms with Crippen LogP contribution in [0.4, 0.5) is 5.69 Å². The second kappa shape index (κ2) is 7.46. The second-order valence-corrected chi connectivity index (χ2v) is 6.74. The van der Waals surface area contributed by atoms with E-state index in [1.54, 1.807) is 17.8 Å². The molecule has 3 aromatic rings. The number of thioether (sulfide) groups is 1. The minimum atomic E-state index is -0.302. The molecule has 0 bridgehead atoms. The molecule has 3 rings (SSSR count). The van der Waals surface area contributed by atoms with Gasteiger partial charge in [-0.05, 0) is 35.9 Å². The number of carbonyl (C=O) groups excluding carboxylic acids is 1. The van der Waals surface area contributed by atoms with Gasteiger partial charge in [-0.3, -0.25) is 9.59 Å². The molecular formula is C17H15N3O2S2. The molecule has 2 heterocycles. The number of nitrogens with one attached hydrogen (secondary N) is 1. The second-order valence-electron chi connectivity index (χ2n) is 4.94. The minimum Gasteiger partial charge on any atom is -0.323 e. The molecule has 24 heavy (non-hydrogen) atoms. The van der Waals surface area contributed by atoms with Crippen molar-refractivity contribution in [2.75, 3.05) is 11.6 Å². The largest absolute Gasteiger partial charge is 0.323 e. The van der Waals surface area contributed by atoms with E-state index in [-0.39, 0.29) is 18.0 Å². The van der Waals surface area contributed by atoms with E-state index < -0.39 is 0 Å². The van der Waals surface area contributed by atoms with Gasteiger partial charge in [0.1, 0.15) is 12.2 Å². The van der Waals surface area contributed by atoms with E-state index in [2.05, 4.69) is 10.4 Å². The summed E-state index contributed by atoms with van der Waals surface area (Å²) in [5.74, 6) is -0.283. The lowest BCUT2D eigenvalue weighted by Gasteiger charge is -2.10. The van der Waals surface area contributed by atoms with Crippen molar-refractivity contribution in [2.24, 2.45) is 0 Å². The molecule has 0 aliphatic heterocycles. The summed E-state index contributed by atoms with van der Waals surface area (Å²) in [6.07, 6.45) is 1.95. The summed E-state index contributed by atoms with van der Waals surface area (Å²) >= 11 is 3.09. The van der Waals surface area contributed by atoms with Crippen molar-refractivity contribution in [1.29, 1.82) is 0 Å². The summed E-state index contributed by atoms with van der Waals surface area (Å²) in [4.78, 5) is 26.2. The Bertz CT molecular complexity index is 904. The molecule has 122 valence electrons. The highest BCUT2D eigenvalue weighted by atomic mass is 32.2. The first-order chi connectivity index (χ1) is 11.7. The van der Waals surface area contributed by atoms with Gasteiger partial charge < -0.3 is 5.32 Å². The lowest BCUT2D eigenvalue weighted by molar-refractivity contribution is -0.117. The Morgan fingerprint density at radius 1 is 1.21 bits per heavy atom. The van der Waals surface area contributed by atoms with Crippen molar-refractivity contribution in [2.45, 2.75) is 11.4 Å². The SMILES string of the molecule is CSc1ccccc1NC(=O)Cn1nc(-c2cccs2)ccc1=O. The minimum absolute atomic E-state index is 0.124. The number of rotatable bonds is 5. The topological polar surface area (TPSA) is 64.0 Å². The Balaban J connectivity index is 1.79. The number of para-hydroxylation sites is 1. The number of hydrogen-bond donors (Lipinski definition) is 1. The van der Waals surface area contributed by atoms with Crippen molar-refractivity contribution in [3.05, 3.63) is 64.3 Å². The maximum atomic E-state index is 12.3. The average Bonchev–Trinajstić information content (AvgIpc) is 3.12. The molecule has 0 fully saturated rings. The molecule has 0 aliphatic rings. The molecular weight excluding hydrogens is 342 g/mol. The molecule has 1 N–H and O–H groups in total. The molecule has 0 spiro atoms. The Labute approximate surface area is 147 Å². The predicted octanol–water partition coefficient (Wildman–Crippen LogP) is 3.33. The average molecular weight is 357 g/mol. The maximum absolute atomic E-state index is 12.3. The van der Waals surface area contributed by atoms with E-state index in [0.29, 0.717) is 5.69 Å². The van der Waals surface area contributed by atoms with E-state index in [1.807, 2.05) is 48.0 Å². The van der Waals surface area contributed by atoms with Crippen LogP contribution in [-0.2, 0) is 11.3 Å². The highest BCUT2D eigenvalue weighted by molar-refractivity contribution is 7.98. The van der Waals surface area contributed by atoms with Crippen molar-refractivity contribution in [3.8, 4) is 10.6 Å². The Hall–Kier alpha value is -2.38. The predicted molar refractivity (Wildman–Crippen MR) is 98.7 cm³/mol. The molecule has 5 nitrogen and oxygen atoms in total. The highest BCUT2D eigenvalue weighted by Gasteiger charge is 2.10. The van der Waals surface area contributed by atoms with Crippen LogP contribution in [0.5, 0.6) is 0 Å². The first-order valence-corrected chi connectivity index (χ1v) is 9.33. The van der Waals surface area contributed by atoms with Gasteiger partial charge in [0.2, 0.25) is 5.91 Å². The Kier molecular flexibility index (Phi) is 5.12. The molecule has 2 aromatic heterocycles. The lowest BCUT2D eigenvalue weighted by atomic mass is 10.3. The first-order valence-electron chi connectivity index (χ1n) is 7.22. The first kappa shape index (κ1) is 16.5. The monoisotopic (exact) mass is 357 g/mol. The molecule has 7 heteroatoms. The smallest absolute Gasteiger partial charge is 0.267 e. The molecule has 1 aromatic carbocycles. The van der Waals surface area contributed by atoms with Crippen LogP contribution in [0, 0.1) is 0 Å². The fourth-order valence-electron chi connectivity index (χ4n) is 2.19. The van der Waals surface area contributed by atoms with Gasteiger partial charge in [-0.15, -0.1) is 23.1 Å². The number of amides is 1. The summed E-state index contributed by atoms with van der Waals surface area (Å²) < 4.78 is 1.19. The number of benzene rings is 1. The molecule has 0 saturated heterocycles. The van der Waals surface area contributed by atoms with Crippen molar-refractivity contribution >= 4 is 34.7 Å². The third-order valence-electron chi connectivity index (χ3n) is 3.31. The van der Waals surface area contributed by atoms with Crippen LogP contribution in [0.25, 0.3) is 10.6 Å². The summed E-state index contributed by atoms with van der Waals surface area (Å²) in [5, 5.41) is 9.06.